The summed E-state index contributed by atoms with van der Waals surface area (Å²) in [7, 11) is 0. The molecule has 1 heterocycles. The Labute approximate surface area is 131 Å². The van der Waals surface area contributed by atoms with E-state index in [9.17, 15) is 27.9 Å². The zero-order valence-corrected chi connectivity index (χ0v) is 12.9. The van der Waals surface area contributed by atoms with Gasteiger partial charge >= 0.3 is 12.1 Å². The molecule has 0 spiro atoms. The molecule has 1 aliphatic carbocycles. The summed E-state index contributed by atoms with van der Waals surface area (Å²) in [6.07, 6.45) is -3.11. The van der Waals surface area contributed by atoms with Crippen LogP contribution in [0.25, 0.3) is 0 Å². The molecule has 2 rings (SSSR count). The maximum Gasteiger partial charge on any atom is 0.391 e. The van der Waals surface area contributed by atoms with Crippen molar-refractivity contribution in [2.75, 3.05) is 11.5 Å². The van der Waals surface area contributed by atoms with Crippen molar-refractivity contribution in [3.05, 3.63) is 0 Å². The van der Waals surface area contributed by atoms with Gasteiger partial charge in [0.05, 0.1) is 5.92 Å². The van der Waals surface area contributed by atoms with Gasteiger partial charge < -0.3 is 10.4 Å². The van der Waals surface area contributed by atoms with Crippen LogP contribution in [0.3, 0.4) is 0 Å². The third-order valence-electron chi connectivity index (χ3n) is 4.63. The summed E-state index contributed by atoms with van der Waals surface area (Å²) in [6.45, 7) is 0. The number of alkyl halides is 3. The van der Waals surface area contributed by atoms with Gasteiger partial charge in [-0.05, 0) is 43.6 Å². The molecule has 0 radical (unpaired) electrons. The molecule has 8 heteroatoms. The zero-order chi connectivity index (χ0) is 16.4. The summed E-state index contributed by atoms with van der Waals surface area (Å²) >= 11 is 1.62. The SMILES string of the molecule is O=C(NC1(C(=O)O)CCSCC1)C1CCCC(C(F)(F)F)C1. The van der Waals surface area contributed by atoms with Crippen LogP contribution in [0.1, 0.15) is 38.5 Å². The predicted molar refractivity (Wildman–Crippen MR) is 76.6 cm³/mol. The average Bonchev–Trinajstić information content (AvgIpc) is 2.47. The Morgan fingerprint density at radius 2 is 1.82 bits per heavy atom. The predicted octanol–water partition coefficient (Wildman–Crippen LogP) is 2.82. The van der Waals surface area contributed by atoms with E-state index in [1.807, 2.05) is 0 Å². The molecule has 1 aliphatic heterocycles. The molecular formula is C14H20F3NO3S. The molecular weight excluding hydrogens is 319 g/mol. The average molecular weight is 339 g/mol. The minimum atomic E-state index is -4.29. The van der Waals surface area contributed by atoms with Gasteiger partial charge in [0, 0.05) is 5.92 Å². The maximum absolute atomic E-state index is 12.8. The van der Waals surface area contributed by atoms with E-state index in [4.69, 9.17) is 0 Å². The lowest BCUT2D eigenvalue weighted by atomic mass is 9.80. The summed E-state index contributed by atoms with van der Waals surface area (Å²) in [5.41, 5.74) is -1.31. The van der Waals surface area contributed by atoms with E-state index < -0.39 is 35.4 Å². The van der Waals surface area contributed by atoms with Crippen molar-refractivity contribution in [3.63, 3.8) is 0 Å². The van der Waals surface area contributed by atoms with Crippen LogP contribution in [0.2, 0.25) is 0 Å². The number of amides is 1. The maximum atomic E-state index is 12.8. The van der Waals surface area contributed by atoms with Crippen molar-refractivity contribution < 1.29 is 27.9 Å². The van der Waals surface area contributed by atoms with Crippen molar-refractivity contribution in [1.82, 2.24) is 5.32 Å². The Hall–Kier alpha value is -0.920. The number of rotatable bonds is 3. The highest BCUT2D eigenvalue weighted by Gasteiger charge is 2.46. The van der Waals surface area contributed by atoms with E-state index in [-0.39, 0.29) is 12.8 Å². The van der Waals surface area contributed by atoms with E-state index >= 15 is 0 Å². The molecule has 0 aromatic heterocycles. The van der Waals surface area contributed by atoms with Crippen LogP contribution in [-0.2, 0) is 9.59 Å². The smallest absolute Gasteiger partial charge is 0.391 e. The van der Waals surface area contributed by atoms with Gasteiger partial charge in [-0.2, -0.15) is 24.9 Å². The van der Waals surface area contributed by atoms with E-state index in [0.717, 1.165) is 0 Å². The second-order valence-electron chi connectivity index (χ2n) is 6.09. The number of aliphatic carboxylic acids is 1. The van der Waals surface area contributed by atoms with Crippen LogP contribution in [0.5, 0.6) is 0 Å². The summed E-state index contributed by atoms with van der Waals surface area (Å²) in [5, 5.41) is 12.0. The van der Waals surface area contributed by atoms with Crippen molar-refractivity contribution in [2.45, 2.75) is 50.2 Å². The third-order valence-corrected chi connectivity index (χ3v) is 5.61. The molecule has 1 saturated heterocycles. The minimum Gasteiger partial charge on any atom is -0.480 e. The number of thioether (sulfide) groups is 1. The largest absolute Gasteiger partial charge is 0.480 e. The number of nitrogens with one attached hydrogen (secondary N) is 1. The molecule has 126 valence electrons. The van der Waals surface area contributed by atoms with Gasteiger partial charge in [0.15, 0.2) is 0 Å². The fourth-order valence-electron chi connectivity index (χ4n) is 3.18. The molecule has 22 heavy (non-hydrogen) atoms. The lowest BCUT2D eigenvalue weighted by Crippen LogP contribution is -2.58. The normalized spacial score (nSPS) is 28.9. The number of hydrogen-bond acceptors (Lipinski definition) is 3. The number of carbonyl (C=O) groups is 2. The molecule has 0 bridgehead atoms. The first-order valence-electron chi connectivity index (χ1n) is 7.44. The van der Waals surface area contributed by atoms with Gasteiger partial charge in [-0.3, -0.25) is 4.79 Å². The minimum absolute atomic E-state index is 0.0496. The first kappa shape index (κ1) is 17.4. The lowest BCUT2D eigenvalue weighted by Gasteiger charge is -2.36. The summed E-state index contributed by atoms with van der Waals surface area (Å²) in [4.78, 5) is 23.8. The number of hydrogen-bond donors (Lipinski definition) is 2. The molecule has 4 nitrogen and oxygen atoms in total. The second-order valence-corrected chi connectivity index (χ2v) is 7.32. The molecule has 0 aromatic carbocycles. The highest BCUT2D eigenvalue weighted by atomic mass is 32.2. The van der Waals surface area contributed by atoms with E-state index in [0.29, 0.717) is 37.2 Å². The fourth-order valence-corrected chi connectivity index (χ4v) is 4.37. The summed E-state index contributed by atoms with van der Waals surface area (Å²) in [6, 6.07) is 0. The standard InChI is InChI=1S/C14H20F3NO3S/c15-14(16,17)10-3-1-2-9(8-10)11(19)18-13(12(20)21)4-6-22-7-5-13/h9-10H,1-8H2,(H,18,19)(H,20,21). The van der Waals surface area contributed by atoms with Gasteiger partial charge in [0.25, 0.3) is 0 Å². The van der Waals surface area contributed by atoms with Crippen molar-refractivity contribution >= 4 is 23.6 Å². The Morgan fingerprint density at radius 3 is 2.36 bits per heavy atom. The summed E-state index contributed by atoms with van der Waals surface area (Å²) in [5.74, 6) is -2.58. The quantitative estimate of drug-likeness (QED) is 0.830. The Bertz CT molecular complexity index is 436. The van der Waals surface area contributed by atoms with Crippen LogP contribution in [0.4, 0.5) is 13.2 Å². The highest BCUT2D eigenvalue weighted by Crippen LogP contribution is 2.40. The monoisotopic (exact) mass is 339 g/mol. The highest BCUT2D eigenvalue weighted by molar-refractivity contribution is 7.99. The van der Waals surface area contributed by atoms with Gasteiger partial charge in [-0.1, -0.05) is 6.42 Å². The molecule has 2 fully saturated rings. The number of carboxylic acid groups (broad SMARTS) is 1. The number of carbonyl (C=O) groups excluding carboxylic acids is 1. The van der Waals surface area contributed by atoms with Gasteiger partial charge in [0.2, 0.25) is 5.91 Å². The molecule has 1 saturated carbocycles. The van der Waals surface area contributed by atoms with Crippen LogP contribution < -0.4 is 5.32 Å². The van der Waals surface area contributed by atoms with Gasteiger partial charge in [0.1, 0.15) is 5.54 Å². The Kier molecular flexibility index (Phi) is 5.29. The molecule has 1 amide bonds. The second kappa shape index (κ2) is 6.68. The van der Waals surface area contributed by atoms with Gasteiger partial charge in [-0.25, -0.2) is 4.79 Å². The van der Waals surface area contributed by atoms with E-state index in [1.54, 1.807) is 11.8 Å². The van der Waals surface area contributed by atoms with Crippen LogP contribution in [0, 0.1) is 11.8 Å². The Balaban J connectivity index is 2.02. The fraction of sp³-hybridized carbons (Fsp3) is 0.857. The number of halogens is 3. The van der Waals surface area contributed by atoms with Crippen molar-refractivity contribution in [2.24, 2.45) is 11.8 Å². The van der Waals surface area contributed by atoms with E-state index in [2.05, 4.69) is 5.32 Å². The zero-order valence-electron chi connectivity index (χ0n) is 12.1. The molecule has 2 atom stereocenters. The first-order chi connectivity index (χ1) is 10.2. The summed E-state index contributed by atoms with van der Waals surface area (Å²) < 4.78 is 38.4. The van der Waals surface area contributed by atoms with Crippen LogP contribution >= 0.6 is 11.8 Å². The topological polar surface area (TPSA) is 66.4 Å². The molecule has 2 N–H and O–H groups in total. The molecule has 0 aromatic rings. The van der Waals surface area contributed by atoms with Crippen molar-refractivity contribution in [3.8, 4) is 0 Å². The molecule has 2 aliphatic rings. The Morgan fingerprint density at radius 1 is 1.18 bits per heavy atom. The third kappa shape index (κ3) is 3.88. The number of carboxylic acids is 1. The van der Waals surface area contributed by atoms with Crippen molar-refractivity contribution in [1.29, 1.82) is 0 Å². The van der Waals surface area contributed by atoms with E-state index in [1.165, 1.54) is 0 Å². The molecule has 2 unspecified atom stereocenters. The lowest BCUT2D eigenvalue weighted by molar-refractivity contribution is -0.186. The first-order valence-corrected chi connectivity index (χ1v) is 8.60. The van der Waals surface area contributed by atoms with Gasteiger partial charge in [-0.15, -0.1) is 0 Å². The van der Waals surface area contributed by atoms with Crippen LogP contribution in [0.15, 0.2) is 0 Å². The van der Waals surface area contributed by atoms with Crippen LogP contribution in [-0.4, -0.2) is 40.2 Å².